The van der Waals surface area contributed by atoms with Gasteiger partial charge in [-0.3, -0.25) is 4.79 Å². The van der Waals surface area contributed by atoms with Crippen molar-refractivity contribution in [3.8, 4) is 0 Å². The van der Waals surface area contributed by atoms with E-state index in [1.54, 1.807) is 0 Å². The fourth-order valence-electron chi connectivity index (χ4n) is 1.44. The van der Waals surface area contributed by atoms with E-state index in [1.165, 1.54) is 18.6 Å². The summed E-state index contributed by atoms with van der Waals surface area (Å²) in [5.41, 5.74) is 0. The van der Waals surface area contributed by atoms with E-state index in [9.17, 15) is 4.79 Å². The number of hydrogen-bond donors (Lipinski definition) is 1. The first-order valence-corrected chi connectivity index (χ1v) is 5.80. The normalized spacial score (nSPS) is 30.0. The summed E-state index contributed by atoms with van der Waals surface area (Å²) >= 11 is 1.86. The Labute approximate surface area is 77.5 Å². The molecule has 3 heteroatoms. The van der Waals surface area contributed by atoms with Gasteiger partial charge in [0.1, 0.15) is 0 Å². The van der Waals surface area contributed by atoms with Crippen molar-refractivity contribution >= 4 is 17.7 Å². The Morgan fingerprint density at radius 1 is 1.42 bits per heavy atom. The minimum atomic E-state index is 0.263. The molecule has 2 rings (SSSR count). The molecule has 1 saturated heterocycles. The van der Waals surface area contributed by atoms with Crippen LogP contribution >= 0.6 is 11.8 Å². The number of carbonyl (C=O) groups excluding carboxylic acids is 1. The molecule has 0 spiro atoms. The SMILES string of the molecule is O=C1NCCCC1SCC1CC1. The van der Waals surface area contributed by atoms with E-state index in [2.05, 4.69) is 5.32 Å². The summed E-state index contributed by atoms with van der Waals surface area (Å²) in [5, 5.41) is 3.18. The molecule has 1 N–H and O–H groups in total. The lowest BCUT2D eigenvalue weighted by Gasteiger charge is -2.20. The van der Waals surface area contributed by atoms with Gasteiger partial charge in [0.15, 0.2) is 0 Å². The van der Waals surface area contributed by atoms with Gasteiger partial charge < -0.3 is 5.32 Å². The van der Waals surface area contributed by atoms with Crippen molar-refractivity contribution in [3.63, 3.8) is 0 Å². The molecule has 2 aliphatic rings. The first kappa shape index (κ1) is 8.42. The number of rotatable bonds is 3. The highest BCUT2D eigenvalue weighted by molar-refractivity contribution is 8.00. The van der Waals surface area contributed by atoms with Crippen LogP contribution in [0.5, 0.6) is 0 Å². The number of nitrogens with one attached hydrogen (secondary N) is 1. The fraction of sp³-hybridized carbons (Fsp3) is 0.889. The van der Waals surface area contributed by atoms with E-state index in [1.807, 2.05) is 11.8 Å². The largest absolute Gasteiger partial charge is 0.355 e. The Kier molecular flexibility index (Phi) is 2.59. The molecule has 1 aliphatic carbocycles. The van der Waals surface area contributed by atoms with E-state index in [0.717, 1.165) is 25.3 Å². The van der Waals surface area contributed by atoms with E-state index in [-0.39, 0.29) is 11.2 Å². The van der Waals surface area contributed by atoms with Crippen LogP contribution in [0.15, 0.2) is 0 Å². The lowest BCUT2D eigenvalue weighted by molar-refractivity contribution is -0.121. The molecule has 1 aliphatic heterocycles. The summed E-state index contributed by atoms with van der Waals surface area (Å²) in [6.07, 6.45) is 5.03. The maximum absolute atomic E-state index is 11.3. The van der Waals surface area contributed by atoms with Crippen molar-refractivity contribution in [1.82, 2.24) is 5.32 Å². The second-order valence-corrected chi connectivity index (χ2v) is 4.93. The van der Waals surface area contributed by atoms with Crippen LogP contribution in [0.4, 0.5) is 0 Å². The number of piperidine rings is 1. The van der Waals surface area contributed by atoms with Gasteiger partial charge in [0, 0.05) is 6.54 Å². The fourth-order valence-corrected chi connectivity index (χ4v) is 2.85. The van der Waals surface area contributed by atoms with Crippen LogP contribution in [-0.4, -0.2) is 23.5 Å². The molecule has 1 heterocycles. The molecule has 1 amide bonds. The Morgan fingerprint density at radius 2 is 2.25 bits per heavy atom. The third kappa shape index (κ3) is 2.16. The van der Waals surface area contributed by atoms with Crippen molar-refractivity contribution in [2.24, 2.45) is 5.92 Å². The first-order valence-electron chi connectivity index (χ1n) is 4.75. The Balaban J connectivity index is 1.72. The summed E-state index contributed by atoms with van der Waals surface area (Å²) in [6, 6.07) is 0. The molecule has 0 aromatic rings. The van der Waals surface area contributed by atoms with Crippen LogP contribution in [0.2, 0.25) is 0 Å². The van der Waals surface area contributed by atoms with Crippen LogP contribution in [0, 0.1) is 5.92 Å². The zero-order valence-electron chi connectivity index (χ0n) is 7.21. The number of thioether (sulfide) groups is 1. The van der Waals surface area contributed by atoms with Crippen LogP contribution in [-0.2, 0) is 4.79 Å². The topological polar surface area (TPSA) is 29.1 Å². The van der Waals surface area contributed by atoms with Crippen LogP contribution in [0.1, 0.15) is 25.7 Å². The zero-order chi connectivity index (χ0) is 8.39. The Morgan fingerprint density at radius 3 is 2.92 bits per heavy atom. The van der Waals surface area contributed by atoms with Crippen molar-refractivity contribution in [2.75, 3.05) is 12.3 Å². The molecule has 2 fully saturated rings. The average Bonchev–Trinajstić information content (AvgIpc) is 2.86. The first-order chi connectivity index (χ1) is 5.86. The third-order valence-corrected chi connectivity index (χ3v) is 3.98. The Bertz CT molecular complexity index is 179. The number of hydrogen-bond acceptors (Lipinski definition) is 2. The highest BCUT2D eigenvalue weighted by Crippen LogP contribution is 2.34. The molecule has 0 aromatic carbocycles. The van der Waals surface area contributed by atoms with Gasteiger partial charge >= 0.3 is 0 Å². The molecule has 12 heavy (non-hydrogen) atoms. The summed E-state index contributed by atoms with van der Waals surface area (Å²) < 4.78 is 0. The van der Waals surface area contributed by atoms with Crippen molar-refractivity contribution in [3.05, 3.63) is 0 Å². The maximum atomic E-state index is 11.3. The van der Waals surface area contributed by atoms with Crippen molar-refractivity contribution in [1.29, 1.82) is 0 Å². The summed E-state index contributed by atoms with van der Waals surface area (Å²) in [4.78, 5) is 11.3. The lowest BCUT2D eigenvalue weighted by Crippen LogP contribution is -2.38. The van der Waals surface area contributed by atoms with Crippen LogP contribution < -0.4 is 5.32 Å². The molecular weight excluding hydrogens is 170 g/mol. The van der Waals surface area contributed by atoms with Gasteiger partial charge in [0.2, 0.25) is 5.91 Å². The monoisotopic (exact) mass is 185 g/mol. The van der Waals surface area contributed by atoms with Gasteiger partial charge in [-0.25, -0.2) is 0 Å². The highest BCUT2D eigenvalue weighted by Gasteiger charge is 2.27. The summed E-state index contributed by atoms with van der Waals surface area (Å²) in [7, 11) is 0. The van der Waals surface area contributed by atoms with Gasteiger partial charge in [0.05, 0.1) is 5.25 Å². The molecule has 1 unspecified atom stereocenters. The molecular formula is C9H15NOS. The number of carbonyl (C=O) groups is 1. The molecule has 1 atom stereocenters. The second kappa shape index (κ2) is 3.69. The minimum absolute atomic E-state index is 0.263. The van der Waals surface area contributed by atoms with E-state index in [0.29, 0.717) is 0 Å². The molecule has 68 valence electrons. The smallest absolute Gasteiger partial charge is 0.233 e. The average molecular weight is 185 g/mol. The summed E-state index contributed by atoms with van der Waals surface area (Å²) in [6.45, 7) is 0.888. The molecule has 1 saturated carbocycles. The van der Waals surface area contributed by atoms with Gasteiger partial charge in [-0.2, -0.15) is 0 Å². The lowest BCUT2D eigenvalue weighted by atomic mass is 10.1. The molecule has 0 bridgehead atoms. The van der Waals surface area contributed by atoms with E-state index in [4.69, 9.17) is 0 Å². The molecule has 0 radical (unpaired) electrons. The predicted molar refractivity (Wildman–Crippen MR) is 51.2 cm³/mol. The quantitative estimate of drug-likeness (QED) is 0.720. The third-order valence-electron chi connectivity index (χ3n) is 2.46. The number of amides is 1. The molecule has 0 aromatic heterocycles. The van der Waals surface area contributed by atoms with E-state index >= 15 is 0 Å². The van der Waals surface area contributed by atoms with Crippen LogP contribution in [0.3, 0.4) is 0 Å². The molecule has 2 nitrogen and oxygen atoms in total. The van der Waals surface area contributed by atoms with Crippen LogP contribution in [0.25, 0.3) is 0 Å². The zero-order valence-corrected chi connectivity index (χ0v) is 8.03. The maximum Gasteiger partial charge on any atom is 0.233 e. The van der Waals surface area contributed by atoms with Gasteiger partial charge in [-0.1, -0.05) is 0 Å². The Hall–Kier alpha value is -0.180. The second-order valence-electron chi connectivity index (χ2n) is 3.70. The standard InChI is InChI=1S/C9H15NOS/c11-9-8(2-1-5-10-9)12-6-7-3-4-7/h7-8H,1-6H2,(H,10,11). The van der Waals surface area contributed by atoms with Gasteiger partial charge in [-0.05, 0) is 37.4 Å². The van der Waals surface area contributed by atoms with Crippen molar-refractivity contribution in [2.45, 2.75) is 30.9 Å². The predicted octanol–water partition coefficient (Wildman–Crippen LogP) is 1.41. The highest BCUT2D eigenvalue weighted by atomic mass is 32.2. The minimum Gasteiger partial charge on any atom is -0.355 e. The van der Waals surface area contributed by atoms with Gasteiger partial charge in [-0.15, -0.1) is 11.8 Å². The van der Waals surface area contributed by atoms with Crippen molar-refractivity contribution < 1.29 is 4.79 Å². The van der Waals surface area contributed by atoms with Gasteiger partial charge in [0.25, 0.3) is 0 Å². The van der Waals surface area contributed by atoms with E-state index < -0.39 is 0 Å². The summed E-state index contributed by atoms with van der Waals surface area (Å²) in [5.74, 6) is 2.41.